The number of fused-ring (bicyclic) bond motifs is 1. The topological polar surface area (TPSA) is 41.6 Å². The summed E-state index contributed by atoms with van der Waals surface area (Å²) in [5.41, 5.74) is 2.30. The first-order valence-electron chi connectivity index (χ1n) is 8.02. The Morgan fingerprint density at radius 2 is 2.29 bits per heavy atom. The summed E-state index contributed by atoms with van der Waals surface area (Å²) in [4.78, 5) is 15.0. The Labute approximate surface area is 126 Å². The summed E-state index contributed by atoms with van der Waals surface area (Å²) in [7, 11) is 0. The number of carbonyl (C=O) groups excluding carboxylic acids is 1. The van der Waals surface area contributed by atoms with Gasteiger partial charge in [-0.3, -0.25) is 4.79 Å². The second kappa shape index (κ2) is 6.58. The molecule has 1 aromatic carbocycles. The van der Waals surface area contributed by atoms with Crippen molar-refractivity contribution in [2.45, 2.75) is 38.3 Å². The van der Waals surface area contributed by atoms with E-state index in [4.69, 9.17) is 4.74 Å². The molecule has 1 amide bonds. The van der Waals surface area contributed by atoms with E-state index in [1.165, 1.54) is 5.56 Å². The van der Waals surface area contributed by atoms with Gasteiger partial charge in [0.05, 0.1) is 6.61 Å². The SMILES string of the molecule is CCN(C(=O)C1OCCc2ccccc21)C1CCCNC1. The number of ether oxygens (including phenoxy) is 1. The number of rotatable bonds is 3. The molecule has 1 aromatic rings. The molecule has 1 fully saturated rings. The van der Waals surface area contributed by atoms with E-state index in [0.29, 0.717) is 12.6 Å². The Balaban J connectivity index is 1.80. The standard InChI is InChI=1S/C17H24N2O2/c1-2-19(14-7-5-10-18-12-14)17(20)16-15-8-4-3-6-13(15)9-11-21-16/h3-4,6,8,14,16,18H,2,5,7,9-12H2,1H3. The van der Waals surface area contributed by atoms with Crippen LogP contribution in [0.1, 0.15) is 37.0 Å². The molecule has 0 bridgehead atoms. The Morgan fingerprint density at radius 3 is 3.05 bits per heavy atom. The summed E-state index contributed by atoms with van der Waals surface area (Å²) in [6, 6.07) is 8.47. The highest BCUT2D eigenvalue weighted by Gasteiger charge is 2.33. The zero-order chi connectivity index (χ0) is 14.7. The summed E-state index contributed by atoms with van der Waals surface area (Å²) >= 11 is 0. The van der Waals surface area contributed by atoms with Crippen molar-refractivity contribution in [3.8, 4) is 0 Å². The summed E-state index contributed by atoms with van der Waals surface area (Å²) in [5, 5.41) is 3.39. The lowest BCUT2D eigenvalue weighted by Crippen LogP contribution is -2.50. The molecule has 2 atom stereocenters. The minimum Gasteiger partial charge on any atom is -0.363 e. The van der Waals surface area contributed by atoms with Gasteiger partial charge < -0.3 is 15.0 Å². The summed E-state index contributed by atoms with van der Waals surface area (Å²) in [6.07, 6.45) is 2.70. The molecule has 21 heavy (non-hydrogen) atoms. The minimum atomic E-state index is -0.420. The number of hydrogen-bond donors (Lipinski definition) is 1. The monoisotopic (exact) mass is 288 g/mol. The molecule has 2 aliphatic rings. The number of nitrogens with zero attached hydrogens (tertiary/aromatic N) is 1. The molecule has 0 saturated carbocycles. The first-order chi connectivity index (χ1) is 10.3. The maximum absolute atomic E-state index is 13.0. The molecular formula is C17H24N2O2. The van der Waals surface area contributed by atoms with E-state index in [1.54, 1.807) is 0 Å². The van der Waals surface area contributed by atoms with Crippen molar-refractivity contribution in [1.82, 2.24) is 10.2 Å². The number of hydrogen-bond acceptors (Lipinski definition) is 3. The molecule has 0 aliphatic carbocycles. The number of likely N-dealkylation sites (N-methyl/N-ethyl adjacent to an activating group) is 1. The van der Waals surface area contributed by atoms with Gasteiger partial charge in [0.1, 0.15) is 0 Å². The van der Waals surface area contributed by atoms with Gasteiger partial charge in [-0.25, -0.2) is 0 Å². The van der Waals surface area contributed by atoms with Crippen LogP contribution < -0.4 is 5.32 Å². The molecule has 0 aromatic heterocycles. The van der Waals surface area contributed by atoms with Crippen LogP contribution in [0.5, 0.6) is 0 Å². The molecule has 0 spiro atoms. The number of amides is 1. The van der Waals surface area contributed by atoms with Gasteiger partial charge in [0.2, 0.25) is 0 Å². The van der Waals surface area contributed by atoms with Crippen molar-refractivity contribution in [1.29, 1.82) is 0 Å². The highest BCUT2D eigenvalue weighted by molar-refractivity contribution is 5.83. The fourth-order valence-electron chi connectivity index (χ4n) is 3.44. The van der Waals surface area contributed by atoms with E-state index < -0.39 is 6.10 Å². The van der Waals surface area contributed by atoms with Crippen molar-refractivity contribution < 1.29 is 9.53 Å². The fourth-order valence-corrected chi connectivity index (χ4v) is 3.44. The number of nitrogens with one attached hydrogen (secondary N) is 1. The predicted octanol–water partition coefficient (Wildman–Crippen LogP) is 1.90. The molecular weight excluding hydrogens is 264 g/mol. The molecule has 4 heteroatoms. The Kier molecular flexibility index (Phi) is 4.56. The third-order valence-corrected chi connectivity index (χ3v) is 4.55. The lowest BCUT2D eigenvalue weighted by molar-refractivity contribution is -0.147. The van der Waals surface area contributed by atoms with Gasteiger partial charge in [-0.1, -0.05) is 24.3 Å². The Hall–Kier alpha value is -1.39. The summed E-state index contributed by atoms with van der Waals surface area (Å²) < 4.78 is 5.83. The lowest BCUT2D eigenvalue weighted by Gasteiger charge is -2.37. The maximum atomic E-state index is 13.0. The quantitative estimate of drug-likeness (QED) is 0.923. The molecule has 4 nitrogen and oxygen atoms in total. The van der Waals surface area contributed by atoms with Gasteiger partial charge in [0, 0.05) is 19.1 Å². The van der Waals surface area contributed by atoms with E-state index in [0.717, 1.165) is 44.5 Å². The third kappa shape index (κ3) is 2.97. The molecule has 2 heterocycles. The Bertz CT molecular complexity index is 497. The number of piperidine rings is 1. The van der Waals surface area contributed by atoms with Crippen LogP contribution in [0.4, 0.5) is 0 Å². The van der Waals surface area contributed by atoms with Crippen molar-refractivity contribution in [2.24, 2.45) is 0 Å². The number of carbonyl (C=O) groups is 1. The molecule has 2 aliphatic heterocycles. The largest absolute Gasteiger partial charge is 0.363 e. The van der Waals surface area contributed by atoms with Gasteiger partial charge in [0.25, 0.3) is 5.91 Å². The zero-order valence-electron chi connectivity index (χ0n) is 12.7. The first-order valence-corrected chi connectivity index (χ1v) is 8.02. The highest BCUT2D eigenvalue weighted by Crippen LogP contribution is 2.29. The van der Waals surface area contributed by atoms with Crippen LogP contribution in [-0.4, -0.2) is 43.1 Å². The van der Waals surface area contributed by atoms with Crippen LogP contribution in [-0.2, 0) is 16.0 Å². The van der Waals surface area contributed by atoms with Crippen LogP contribution in [0.3, 0.4) is 0 Å². The highest BCUT2D eigenvalue weighted by atomic mass is 16.5. The predicted molar refractivity (Wildman–Crippen MR) is 82.1 cm³/mol. The van der Waals surface area contributed by atoms with Crippen molar-refractivity contribution in [2.75, 3.05) is 26.2 Å². The van der Waals surface area contributed by atoms with Crippen LogP contribution in [0.15, 0.2) is 24.3 Å². The van der Waals surface area contributed by atoms with Crippen LogP contribution in [0.2, 0.25) is 0 Å². The maximum Gasteiger partial charge on any atom is 0.256 e. The van der Waals surface area contributed by atoms with Gasteiger partial charge in [-0.15, -0.1) is 0 Å². The van der Waals surface area contributed by atoms with E-state index in [1.807, 2.05) is 23.1 Å². The molecule has 114 valence electrons. The molecule has 1 N–H and O–H groups in total. The van der Waals surface area contributed by atoms with Crippen LogP contribution in [0, 0.1) is 0 Å². The van der Waals surface area contributed by atoms with E-state index in [9.17, 15) is 4.79 Å². The summed E-state index contributed by atoms with van der Waals surface area (Å²) in [6.45, 7) is 5.39. The van der Waals surface area contributed by atoms with E-state index in [-0.39, 0.29) is 5.91 Å². The molecule has 1 saturated heterocycles. The summed E-state index contributed by atoms with van der Waals surface area (Å²) in [5.74, 6) is 0.123. The fraction of sp³-hybridized carbons (Fsp3) is 0.588. The Morgan fingerprint density at radius 1 is 1.43 bits per heavy atom. The number of benzene rings is 1. The molecule has 2 unspecified atom stereocenters. The van der Waals surface area contributed by atoms with E-state index in [2.05, 4.69) is 18.3 Å². The smallest absolute Gasteiger partial charge is 0.256 e. The van der Waals surface area contributed by atoms with Crippen LogP contribution >= 0.6 is 0 Å². The van der Waals surface area contributed by atoms with Gasteiger partial charge in [-0.05, 0) is 43.9 Å². The lowest BCUT2D eigenvalue weighted by atomic mass is 9.96. The van der Waals surface area contributed by atoms with Crippen molar-refractivity contribution in [3.05, 3.63) is 35.4 Å². The van der Waals surface area contributed by atoms with E-state index >= 15 is 0 Å². The average Bonchev–Trinajstić information content (AvgIpc) is 2.56. The van der Waals surface area contributed by atoms with Gasteiger partial charge in [-0.2, -0.15) is 0 Å². The molecule has 0 radical (unpaired) electrons. The normalized spacial score (nSPS) is 25.2. The van der Waals surface area contributed by atoms with Crippen molar-refractivity contribution >= 4 is 5.91 Å². The van der Waals surface area contributed by atoms with Gasteiger partial charge in [0.15, 0.2) is 6.10 Å². The second-order valence-electron chi connectivity index (χ2n) is 5.82. The minimum absolute atomic E-state index is 0.123. The molecule has 3 rings (SSSR count). The third-order valence-electron chi connectivity index (χ3n) is 4.55. The zero-order valence-corrected chi connectivity index (χ0v) is 12.7. The first kappa shape index (κ1) is 14.5. The average molecular weight is 288 g/mol. The van der Waals surface area contributed by atoms with Crippen molar-refractivity contribution in [3.63, 3.8) is 0 Å². The van der Waals surface area contributed by atoms with Crippen LogP contribution in [0.25, 0.3) is 0 Å². The second-order valence-corrected chi connectivity index (χ2v) is 5.82. The van der Waals surface area contributed by atoms with Gasteiger partial charge >= 0.3 is 0 Å².